The summed E-state index contributed by atoms with van der Waals surface area (Å²) < 4.78 is 0. The highest BCUT2D eigenvalue weighted by Gasteiger charge is 2.49. The molecular weight excluding hydrogens is 319 g/mol. The van der Waals surface area contributed by atoms with E-state index >= 15 is 0 Å². The largest absolute Gasteiger partial charge is 0.0943 e. The van der Waals surface area contributed by atoms with E-state index in [9.17, 15) is 0 Å². The van der Waals surface area contributed by atoms with E-state index in [4.69, 9.17) is 0 Å². The molecule has 4 atom stereocenters. The molecule has 0 radical (unpaired) electrons. The molecule has 0 saturated heterocycles. The van der Waals surface area contributed by atoms with E-state index in [1.165, 1.54) is 31.0 Å². The molecule has 0 bridgehead atoms. The van der Waals surface area contributed by atoms with Gasteiger partial charge in [0.05, 0.1) is 31.1 Å². The summed E-state index contributed by atoms with van der Waals surface area (Å²) >= 11 is 0. The molecule has 1 heteroatoms. The Morgan fingerprint density at radius 3 is 2.12 bits per heavy atom. The molecule has 134 valence electrons. The molecule has 25 heavy (non-hydrogen) atoms. The van der Waals surface area contributed by atoms with Gasteiger partial charge < -0.3 is 0 Å². The molecule has 2 aromatic carbocycles. The van der Waals surface area contributed by atoms with Gasteiger partial charge in [-0.1, -0.05) is 75.7 Å². The van der Waals surface area contributed by atoms with Crippen LogP contribution in [0.15, 0.2) is 60.7 Å². The number of rotatable bonds is 5. The minimum atomic E-state index is -1.27. The van der Waals surface area contributed by atoms with Gasteiger partial charge in [-0.25, -0.2) is 0 Å². The van der Waals surface area contributed by atoms with E-state index in [0.717, 1.165) is 23.4 Å². The van der Waals surface area contributed by atoms with E-state index in [2.05, 4.69) is 88.1 Å². The normalized spacial score (nSPS) is 26.4. The molecule has 3 rings (SSSR count). The van der Waals surface area contributed by atoms with Gasteiger partial charge in [-0.3, -0.25) is 0 Å². The summed E-state index contributed by atoms with van der Waals surface area (Å²) in [4.78, 5) is 0. The molecule has 0 aliphatic heterocycles. The molecule has 0 N–H and O–H groups in total. The van der Waals surface area contributed by atoms with Gasteiger partial charge in [0, 0.05) is 0 Å². The van der Waals surface area contributed by atoms with E-state index in [0.29, 0.717) is 0 Å². The van der Waals surface area contributed by atoms with Crippen LogP contribution in [0.4, 0.5) is 0 Å². The van der Waals surface area contributed by atoms with Crippen LogP contribution >= 0.6 is 7.26 Å². The third kappa shape index (κ3) is 4.17. The second kappa shape index (κ2) is 8.05. The van der Waals surface area contributed by atoms with E-state index < -0.39 is 7.26 Å². The van der Waals surface area contributed by atoms with Crippen molar-refractivity contribution in [3.63, 3.8) is 0 Å². The Bertz CT molecular complexity index is 648. The number of benzene rings is 2. The van der Waals surface area contributed by atoms with Crippen LogP contribution in [0.2, 0.25) is 0 Å². The van der Waals surface area contributed by atoms with Crippen LogP contribution in [-0.2, 0) is 6.16 Å². The van der Waals surface area contributed by atoms with Crippen molar-refractivity contribution < 1.29 is 0 Å². The lowest BCUT2D eigenvalue weighted by Crippen LogP contribution is -2.37. The van der Waals surface area contributed by atoms with Crippen molar-refractivity contribution in [1.82, 2.24) is 0 Å². The molecule has 2 aromatic rings. The third-order valence-corrected chi connectivity index (χ3v) is 11.0. The number of hydrogen-bond acceptors (Lipinski definition) is 0. The highest BCUT2D eigenvalue weighted by Crippen LogP contribution is 2.67. The molecular formula is C24H34P+. The van der Waals surface area contributed by atoms with Crippen LogP contribution < -0.4 is 5.30 Å². The fraction of sp³-hybridized carbons (Fsp3) is 0.500. The average molecular weight is 354 g/mol. The maximum Gasteiger partial charge on any atom is 0.0943 e. The van der Waals surface area contributed by atoms with Crippen LogP contribution in [0, 0.1) is 17.8 Å². The van der Waals surface area contributed by atoms with Crippen molar-refractivity contribution in [1.29, 1.82) is 0 Å². The van der Waals surface area contributed by atoms with Crippen molar-refractivity contribution in [2.75, 3.05) is 6.66 Å². The fourth-order valence-electron chi connectivity index (χ4n) is 4.94. The van der Waals surface area contributed by atoms with Crippen LogP contribution in [0.1, 0.15) is 45.6 Å². The average Bonchev–Trinajstić information content (AvgIpc) is 2.63. The third-order valence-electron chi connectivity index (χ3n) is 6.42. The first-order valence-corrected chi connectivity index (χ1v) is 12.4. The van der Waals surface area contributed by atoms with Gasteiger partial charge in [0.25, 0.3) is 0 Å². The lowest BCUT2D eigenvalue weighted by molar-refractivity contribution is 0.240. The van der Waals surface area contributed by atoms with E-state index in [-0.39, 0.29) is 0 Å². The second-order valence-corrected chi connectivity index (χ2v) is 12.7. The Morgan fingerprint density at radius 2 is 1.52 bits per heavy atom. The summed E-state index contributed by atoms with van der Waals surface area (Å²) in [6.45, 7) is 10.0. The van der Waals surface area contributed by atoms with Gasteiger partial charge in [0.15, 0.2) is 0 Å². The smallest absolute Gasteiger partial charge is 0.0624 e. The van der Waals surface area contributed by atoms with Crippen LogP contribution in [0.3, 0.4) is 0 Å². The number of hydrogen-bond donors (Lipinski definition) is 0. The maximum absolute atomic E-state index is 2.65. The summed E-state index contributed by atoms with van der Waals surface area (Å²) in [5.41, 5.74) is 2.38. The monoisotopic (exact) mass is 353 g/mol. The van der Waals surface area contributed by atoms with Crippen molar-refractivity contribution in [2.24, 2.45) is 17.8 Å². The first-order valence-electron chi connectivity index (χ1n) is 9.95. The predicted octanol–water partition coefficient (Wildman–Crippen LogP) is 6.62. The lowest BCUT2D eigenvalue weighted by Gasteiger charge is -2.43. The van der Waals surface area contributed by atoms with Gasteiger partial charge in [-0.15, -0.1) is 0 Å². The molecule has 0 amide bonds. The molecule has 1 aliphatic carbocycles. The molecule has 1 unspecified atom stereocenters. The van der Waals surface area contributed by atoms with E-state index in [1.54, 1.807) is 5.30 Å². The topological polar surface area (TPSA) is 0 Å². The molecule has 0 spiro atoms. The summed E-state index contributed by atoms with van der Waals surface area (Å²) in [7, 11) is -1.27. The SMILES string of the molecule is CC(C)[C@@H]1CC[C@@H](C)C[C@H]1[P+](C)(Cc1ccccc1)c1ccccc1. The van der Waals surface area contributed by atoms with Crippen LogP contribution in [-0.4, -0.2) is 12.3 Å². The Morgan fingerprint density at radius 1 is 0.920 bits per heavy atom. The quantitative estimate of drug-likeness (QED) is 0.530. The summed E-state index contributed by atoms with van der Waals surface area (Å²) in [5, 5.41) is 1.63. The van der Waals surface area contributed by atoms with Gasteiger partial charge in [0.2, 0.25) is 0 Å². The lowest BCUT2D eigenvalue weighted by atomic mass is 9.77. The standard InChI is InChI=1S/C24H34P/c1-19(2)23-16-15-20(3)17-24(23)25(4,22-13-9-6-10-14-22)18-21-11-7-5-8-12-21/h5-14,19-20,23-24H,15-18H2,1-4H3/q+1/t20-,23+,24-,25?/m1/s1. The van der Waals surface area contributed by atoms with Gasteiger partial charge >= 0.3 is 0 Å². The molecule has 0 aromatic heterocycles. The summed E-state index contributed by atoms with van der Waals surface area (Å²) in [5.74, 6) is 2.54. The molecule has 0 nitrogen and oxygen atoms in total. The van der Waals surface area contributed by atoms with Crippen molar-refractivity contribution in [3.05, 3.63) is 66.2 Å². The zero-order valence-electron chi connectivity index (χ0n) is 16.4. The Labute approximate surface area is 155 Å². The Hall–Kier alpha value is -1.13. The maximum atomic E-state index is 2.65. The predicted molar refractivity (Wildman–Crippen MR) is 114 cm³/mol. The highest BCUT2D eigenvalue weighted by molar-refractivity contribution is 7.82. The minimum absolute atomic E-state index is 0.788. The van der Waals surface area contributed by atoms with Crippen molar-refractivity contribution in [2.45, 2.75) is 51.9 Å². The van der Waals surface area contributed by atoms with Crippen molar-refractivity contribution >= 4 is 12.6 Å². The van der Waals surface area contributed by atoms with E-state index in [1.807, 2.05) is 0 Å². The fourth-order valence-corrected chi connectivity index (χ4v) is 9.72. The minimum Gasteiger partial charge on any atom is -0.0624 e. The zero-order valence-corrected chi connectivity index (χ0v) is 17.3. The molecule has 1 saturated carbocycles. The second-order valence-electron chi connectivity index (χ2n) is 8.64. The molecule has 0 heterocycles. The van der Waals surface area contributed by atoms with Crippen LogP contribution in [0.5, 0.6) is 0 Å². The van der Waals surface area contributed by atoms with Gasteiger partial charge in [-0.05, 0) is 48.3 Å². The Kier molecular flexibility index (Phi) is 6.00. The highest BCUT2D eigenvalue weighted by atomic mass is 31.2. The Balaban J connectivity index is 2.03. The zero-order chi connectivity index (χ0) is 17.9. The van der Waals surface area contributed by atoms with Crippen molar-refractivity contribution in [3.8, 4) is 0 Å². The molecule has 1 aliphatic rings. The first-order chi connectivity index (χ1) is 12.0. The van der Waals surface area contributed by atoms with Gasteiger partial charge in [-0.2, -0.15) is 0 Å². The molecule has 1 fully saturated rings. The van der Waals surface area contributed by atoms with Gasteiger partial charge in [0.1, 0.15) is 0 Å². The summed E-state index contributed by atoms with van der Waals surface area (Å²) in [6, 6.07) is 22.7. The summed E-state index contributed by atoms with van der Waals surface area (Å²) in [6.07, 6.45) is 5.49. The van der Waals surface area contributed by atoms with Crippen LogP contribution in [0.25, 0.3) is 0 Å². The first kappa shape index (κ1) is 18.7.